The maximum Gasteiger partial charge on any atom is 0.278 e. The van der Waals surface area contributed by atoms with Crippen LogP contribution in [0.2, 0.25) is 0 Å². The molecule has 2 aliphatic carbocycles. The summed E-state index contributed by atoms with van der Waals surface area (Å²) < 4.78 is 9.13. The lowest BCUT2D eigenvalue weighted by Crippen LogP contribution is -2.43. The standard InChI is InChI=1S/C32H32N8O3/c1-37-15-8-20-4-5-21(16-23(20)32(37)12-13-32)34-30-33-17-22-27(36-30)40-25-7-6-24-28(35-25)38(26(41)18-43-24)19-31(10-11-31)9-2-3-14-39(40)29(22)42/h2-7,16-17H,8-15,18-19H2,1H3,(H,33,34,36)/b3-2-. The number of amides is 1. The monoisotopic (exact) mass is 576 g/mol. The fraction of sp³-hybridized carbons (Fsp3) is 0.406. The Hall–Kier alpha value is -4.51. The maximum absolute atomic E-state index is 13.7. The van der Waals surface area contributed by atoms with E-state index in [2.05, 4.69) is 46.5 Å². The van der Waals surface area contributed by atoms with Crippen molar-refractivity contribution in [2.45, 2.75) is 50.6 Å². The van der Waals surface area contributed by atoms with Crippen molar-refractivity contribution in [1.29, 1.82) is 0 Å². The van der Waals surface area contributed by atoms with Crippen molar-refractivity contribution in [3.8, 4) is 11.6 Å². The van der Waals surface area contributed by atoms with Crippen LogP contribution in [-0.2, 0) is 23.3 Å². The van der Waals surface area contributed by atoms with Crippen molar-refractivity contribution >= 4 is 34.4 Å². The number of rotatable bonds is 2. The summed E-state index contributed by atoms with van der Waals surface area (Å²) in [5.41, 5.74) is 4.17. The zero-order valence-corrected chi connectivity index (χ0v) is 24.0. The number of carbonyl (C=O) groups excluding carboxylic acids is 1. The molecule has 0 atom stereocenters. The number of ether oxygens (including phenoxy) is 1. The smallest absolute Gasteiger partial charge is 0.278 e. The first-order valence-corrected chi connectivity index (χ1v) is 15.1. The van der Waals surface area contributed by atoms with E-state index in [-0.39, 0.29) is 29.0 Å². The average molecular weight is 577 g/mol. The highest BCUT2D eigenvalue weighted by Gasteiger charge is 2.50. The Morgan fingerprint density at radius 2 is 1.91 bits per heavy atom. The number of nitrogens with one attached hydrogen (secondary N) is 1. The third-order valence-corrected chi connectivity index (χ3v) is 10.1. The minimum Gasteiger partial charge on any atom is -0.480 e. The molecule has 0 unspecified atom stereocenters. The van der Waals surface area contributed by atoms with Crippen LogP contribution in [0.3, 0.4) is 0 Å². The van der Waals surface area contributed by atoms with Crippen LogP contribution in [0.15, 0.2) is 53.5 Å². The Balaban J connectivity index is 1.16. The number of pyridine rings is 1. The molecule has 11 heteroatoms. The van der Waals surface area contributed by atoms with Gasteiger partial charge in [0.15, 0.2) is 29.6 Å². The second-order valence-corrected chi connectivity index (χ2v) is 12.8. The van der Waals surface area contributed by atoms with E-state index in [4.69, 9.17) is 14.7 Å². The number of anilines is 3. The summed E-state index contributed by atoms with van der Waals surface area (Å²) in [4.78, 5) is 45.3. The lowest BCUT2D eigenvalue weighted by Gasteiger charge is -2.35. The van der Waals surface area contributed by atoms with Crippen molar-refractivity contribution in [3.63, 3.8) is 0 Å². The molecule has 2 bridgehead atoms. The Morgan fingerprint density at radius 1 is 1.02 bits per heavy atom. The summed E-state index contributed by atoms with van der Waals surface area (Å²) in [6.07, 6.45) is 12.1. The second kappa shape index (κ2) is 8.76. The quantitative estimate of drug-likeness (QED) is 0.360. The Bertz CT molecular complexity index is 1930. The molecule has 1 aromatic carbocycles. The summed E-state index contributed by atoms with van der Waals surface area (Å²) >= 11 is 0. The third-order valence-electron chi connectivity index (χ3n) is 10.1. The van der Waals surface area contributed by atoms with Gasteiger partial charge in [-0.25, -0.2) is 19.3 Å². The molecule has 4 aromatic rings. The molecular weight excluding hydrogens is 544 g/mol. The highest BCUT2D eigenvalue weighted by molar-refractivity contribution is 5.97. The predicted molar refractivity (Wildman–Crippen MR) is 161 cm³/mol. The van der Waals surface area contributed by atoms with Crippen molar-refractivity contribution in [2.75, 3.05) is 37.0 Å². The summed E-state index contributed by atoms with van der Waals surface area (Å²) in [5, 5.41) is 3.80. The van der Waals surface area contributed by atoms with Gasteiger partial charge in [0.1, 0.15) is 5.39 Å². The van der Waals surface area contributed by atoms with Crippen LogP contribution in [0, 0.1) is 5.41 Å². The van der Waals surface area contributed by atoms with Crippen LogP contribution in [0.5, 0.6) is 5.75 Å². The zero-order chi connectivity index (χ0) is 28.9. The van der Waals surface area contributed by atoms with Crippen molar-refractivity contribution in [2.24, 2.45) is 5.41 Å². The summed E-state index contributed by atoms with van der Waals surface area (Å²) in [7, 11) is 2.22. The van der Waals surface area contributed by atoms with Crippen molar-refractivity contribution in [3.05, 3.63) is 70.2 Å². The van der Waals surface area contributed by atoms with Gasteiger partial charge in [0.05, 0.1) is 6.54 Å². The SMILES string of the molecule is CN1CCc2ccc(Nc3ncc4c(=O)n5n(c4n3)-c3ccc4c(n3)N(CC3(C/C=C\C5)CC3)C(=O)CO4)cc2C12CC2. The van der Waals surface area contributed by atoms with E-state index in [0.717, 1.165) is 37.9 Å². The molecule has 2 saturated carbocycles. The molecule has 43 heavy (non-hydrogen) atoms. The Kier molecular flexibility index (Phi) is 5.10. The molecule has 2 spiro atoms. The Morgan fingerprint density at radius 3 is 2.74 bits per heavy atom. The van der Waals surface area contributed by atoms with Crippen LogP contribution >= 0.6 is 0 Å². The van der Waals surface area contributed by atoms with Gasteiger partial charge >= 0.3 is 0 Å². The van der Waals surface area contributed by atoms with E-state index >= 15 is 0 Å². The van der Waals surface area contributed by atoms with E-state index < -0.39 is 0 Å². The summed E-state index contributed by atoms with van der Waals surface area (Å²) in [6.45, 7) is 2.06. The van der Waals surface area contributed by atoms with Gasteiger partial charge in [0.25, 0.3) is 11.5 Å². The fourth-order valence-corrected chi connectivity index (χ4v) is 7.19. The molecule has 1 amide bonds. The molecular formula is C32H32N8O3. The molecule has 1 N–H and O–H groups in total. The average Bonchev–Trinajstić information content (AvgIpc) is 3.94. The van der Waals surface area contributed by atoms with E-state index in [9.17, 15) is 9.59 Å². The first-order chi connectivity index (χ1) is 20.9. The highest BCUT2D eigenvalue weighted by Crippen LogP contribution is 2.54. The van der Waals surface area contributed by atoms with Crippen molar-refractivity contribution in [1.82, 2.24) is 29.2 Å². The molecule has 218 valence electrons. The summed E-state index contributed by atoms with van der Waals surface area (Å²) in [6, 6.07) is 10.2. The van der Waals surface area contributed by atoms with Crippen LogP contribution in [0.4, 0.5) is 17.5 Å². The number of fused-ring (bicyclic) bond motifs is 7. The van der Waals surface area contributed by atoms with Crippen LogP contribution < -0.4 is 20.5 Å². The predicted octanol–water partition coefficient (Wildman–Crippen LogP) is 3.66. The van der Waals surface area contributed by atoms with E-state index in [1.165, 1.54) is 24.0 Å². The number of benzene rings is 1. The molecule has 9 rings (SSSR count). The number of allylic oxidation sites excluding steroid dienone is 2. The molecule has 6 heterocycles. The Labute approximate surface area is 247 Å². The maximum atomic E-state index is 13.7. The topological polar surface area (TPSA) is 110 Å². The van der Waals surface area contributed by atoms with Gasteiger partial charge < -0.3 is 10.1 Å². The fourth-order valence-electron chi connectivity index (χ4n) is 7.19. The van der Waals surface area contributed by atoms with E-state index in [0.29, 0.717) is 47.5 Å². The normalized spacial score (nSPS) is 21.9. The molecule has 3 aliphatic heterocycles. The molecule has 3 aromatic heterocycles. The number of likely N-dealkylation sites (N-methyl/N-ethyl adjacent to an activating group) is 1. The number of carbonyl (C=O) groups is 1. The molecule has 2 fully saturated rings. The minimum atomic E-state index is -0.194. The zero-order valence-electron chi connectivity index (χ0n) is 24.0. The lowest BCUT2D eigenvalue weighted by molar-refractivity contribution is -0.121. The minimum absolute atomic E-state index is 0.000536. The number of nitrogens with zero attached hydrogens (tertiary/aromatic N) is 7. The van der Waals surface area contributed by atoms with Crippen LogP contribution in [0.25, 0.3) is 16.9 Å². The van der Waals surface area contributed by atoms with Gasteiger partial charge in [-0.15, -0.1) is 0 Å². The third kappa shape index (κ3) is 3.80. The van der Waals surface area contributed by atoms with Gasteiger partial charge in [-0.1, -0.05) is 18.2 Å². The highest BCUT2D eigenvalue weighted by atomic mass is 16.5. The molecule has 11 nitrogen and oxygen atoms in total. The second-order valence-electron chi connectivity index (χ2n) is 12.8. The van der Waals surface area contributed by atoms with Crippen LogP contribution in [-0.4, -0.2) is 61.9 Å². The largest absolute Gasteiger partial charge is 0.480 e. The van der Waals surface area contributed by atoms with Gasteiger partial charge in [0, 0.05) is 30.5 Å². The lowest BCUT2D eigenvalue weighted by atomic mass is 9.90. The van der Waals surface area contributed by atoms with Gasteiger partial charge in [-0.05, 0) is 86.4 Å². The number of hydrogen-bond acceptors (Lipinski definition) is 8. The van der Waals surface area contributed by atoms with Crippen LogP contribution in [0.1, 0.15) is 43.2 Å². The molecule has 0 saturated heterocycles. The first-order valence-electron chi connectivity index (χ1n) is 15.1. The van der Waals surface area contributed by atoms with E-state index in [1.54, 1.807) is 20.5 Å². The van der Waals surface area contributed by atoms with Gasteiger partial charge in [-0.3, -0.25) is 19.4 Å². The molecule has 5 aliphatic rings. The summed E-state index contributed by atoms with van der Waals surface area (Å²) in [5.74, 6) is 1.85. The number of hydrogen-bond donors (Lipinski definition) is 1. The van der Waals surface area contributed by atoms with Crippen molar-refractivity contribution < 1.29 is 9.53 Å². The number of aromatic nitrogens is 5. The van der Waals surface area contributed by atoms with E-state index in [1.807, 2.05) is 18.2 Å². The first kappa shape index (κ1) is 25.0. The van der Waals surface area contributed by atoms with Gasteiger partial charge in [-0.2, -0.15) is 4.98 Å². The van der Waals surface area contributed by atoms with Gasteiger partial charge in [0.2, 0.25) is 5.95 Å². The molecule has 0 radical (unpaired) electrons.